The number of alkyl halides is 2. The van der Waals surface area contributed by atoms with E-state index in [-0.39, 0.29) is 0 Å². The number of nitrogens with zero attached hydrogens (tertiary/aromatic N) is 2. The molecule has 0 fully saturated rings. The van der Waals surface area contributed by atoms with Gasteiger partial charge in [-0.1, -0.05) is 0 Å². The van der Waals surface area contributed by atoms with E-state index >= 15 is 0 Å². The fourth-order valence-electron chi connectivity index (χ4n) is 0.976. The van der Waals surface area contributed by atoms with Gasteiger partial charge in [0.2, 0.25) is 5.88 Å². The van der Waals surface area contributed by atoms with Gasteiger partial charge in [0.1, 0.15) is 11.8 Å². The van der Waals surface area contributed by atoms with E-state index in [0.717, 1.165) is 13.2 Å². The van der Waals surface area contributed by atoms with Crippen molar-refractivity contribution in [1.29, 1.82) is 0 Å². The maximum atomic E-state index is 12.0. The fourth-order valence-corrected chi connectivity index (χ4v) is 0.976. The summed E-state index contributed by atoms with van der Waals surface area (Å²) in [5.74, 6) is -1.78. The third kappa shape index (κ3) is 3.06. The van der Waals surface area contributed by atoms with E-state index in [1.807, 2.05) is 0 Å². The summed E-state index contributed by atoms with van der Waals surface area (Å²) < 4.78 is 32.2. The highest BCUT2D eigenvalue weighted by Crippen LogP contribution is 2.23. The van der Waals surface area contributed by atoms with Gasteiger partial charge in [0.05, 0.1) is 12.0 Å². The maximum absolute atomic E-state index is 12.0. The predicted molar refractivity (Wildman–Crippen MR) is 48.9 cm³/mol. The molecule has 1 aromatic rings. The molecule has 0 spiro atoms. The smallest absolute Gasteiger partial charge is 0.388 e. The van der Waals surface area contributed by atoms with Gasteiger partial charge in [-0.2, -0.15) is 8.78 Å². The second kappa shape index (κ2) is 5.14. The molecule has 17 heavy (non-hydrogen) atoms. The van der Waals surface area contributed by atoms with Crippen LogP contribution in [0.5, 0.6) is 5.88 Å². The number of nitro groups is 1. The van der Waals surface area contributed by atoms with Crippen molar-refractivity contribution in [1.82, 2.24) is 4.98 Å². The lowest BCUT2D eigenvalue weighted by atomic mass is 10.2. The summed E-state index contributed by atoms with van der Waals surface area (Å²) in [6, 6.07) is 0.747. The van der Waals surface area contributed by atoms with E-state index in [9.17, 15) is 23.7 Å². The Morgan fingerprint density at radius 2 is 2.24 bits per heavy atom. The highest BCUT2D eigenvalue weighted by Gasteiger charge is 2.21. The summed E-state index contributed by atoms with van der Waals surface area (Å²) in [4.78, 5) is 24.0. The van der Waals surface area contributed by atoms with Crippen LogP contribution in [0.25, 0.3) is 0 Å². The van der Waals surface area contributed by atoms with Gasteiger partial charge in [0, 0.05) is 6.07 Å². The number of aromatic nitrogens is 1. The van der Waals surface area contributed by atoms with Crippen molar-refractivity contribution < 1.29 is 28.0 Å². The molecule has 0 amide bonds. The lowest BCUT2D eigenvalue weighted by Gasteiger charge is -2.07. The van der Waals surface area contributed by atoms with Crippen molar-refractivity contribution in [2.24, 2.45) is 0 Å². The third-order valence-electron chi connectivity index (χ3n) is 1.65. The molecule has 0 radical (unpaired) electrons. The normalized spacial score (nSPS) is 10.1. The zero-order valence-electron chi connectivity index (χ0n) is 8.42. The summed E-state index contributed by atoms with van der Waals surface area (Å²) in [6.07, 6.45) is 0.699. The first-order valence-electron chi connectivity index (χ1n) is 4.13. The zero-order chi connectivity index (χ0) is 13.0. The Labute approximate surface area is 93.1 Å². The van der Waals surface area contributed by atoms with E-state index in [1.54, 1.807) is 0 Å². The molecule has 0 N–H and O–H groups in total. The molecule has 92 valence electrons. The molecule has 0 aliphatic rings. The van der Waals surface area contributed by atoms with Crippen LogP contribution in [-0.2, 0) is 4.74 Å². The second-order valence-electron chi connectivity index (χ2n) is 2.67. The highest BCUT2D eigenvalue weighted by atomic mass is 19.3. The Morgan fingerprint density at radius 3 is 2.71 bits per heavy atom. The molecule has 0 aliphatic carbocycles. The molecule has 1 heterocycles. The summed E-state index contributed by atoms with van der Waals surface area (Å²) >= 11 is 0. The third-order valence-corrected chi connectivity index (χ3v) is 1.65. The topological polar surface area (TPSA) is 91.6 Å². The first kappa shape index (κ1) is 12.7. The van der Waals surface area contributed by atoms with Crippen LogP contribution < -0.4 is 4.74 Å². The lowest BCUT2D eigenvalue weighted by Crippen LogP contribution is -2.11. The molecule has 0 bridgehead atoms. The molecule has 0 atom stereocenters. The number of esters is 1. The molecule has 1 rings (SSSR count). The maximum Gasteiger partial charge on any atom is 0.388 e. The molecule has 0 aromatic carbocycles. The van der Waals surface area contributed by atoms with Gasteiger partial charge in [-0.05, 0) is 0 Å². The highest BCUT2D eigenvalue weighted by molar-refractivity contribution is 5.92. The molecule has 0 aliphatic heterocycles. The predicted octanol–water partition coefficient (Wildman–Crippen LogP) is 1.38. The number of halogens is 2. The number of carbonyl (C=O) groups excluding carboxylic acids is 1. The van der Waals surface area contributed by atoms with Gasteiger partial charge in [0.25, 0.3) is 5.69 Å². The van der Waals surface area contributed by atoms with Gasteiger partial charge in [-0.25, -0.2) is 9.78 Å². The number of methoxy groups -OCH3 is 1. The van der Waals surface area contributed by atoms with Crippen LogP contribution in [0.2, 0.25) is 0 Å². The van der Waals surface area contributed by atoms with Crippen molar-refractivity contribution in [3.8, 4) is 5.88 Å². The van der Waals surface area contributed by atoms with Crippen molar-refractivity contribution in [3.05, 3.63) is 27.9 Å². The number of hydrogen-bond donors (Lipinski definition) is 0. The molecule has 0 saturated heterocycles. The SMILES string of the molecule is COC(=O)c1cc([N+](=O)[O-])cnc1OC(F)F. The Morgan fingerprint density at radius 1 is 1.59 bits per heavy atom. The Balaban J connectivity index is 3.21. The van der Waals surface area contributed by atoms with Crippen LogP contribution >= 0.6 is 0 Å². The Bertz CT molecular complexity index is 452. The second-order valence-corrected chi connectivity index (χ2v) is 2.67. The van der Waals surface area contributed by atoms with Crippen LogP contribution in [0.1, 0.15) is 10.4 Å². The molecule has 9 heteroatoms. The monoisotopic (exact) mass is 248 g/mol. The van der Waals surface area contributed by atoms with Crippen LogP contribution in [-0.4, -0.2) is 29.6 Å². The molecular formula is C8H6F2N2O5. The largest absolute Gasteiger partial charge is 0.465 e. The zero-order valence-corrected chi connectivity index (χ0v) is 8.42. The number of pyridine rings is 1. The van der Waals surface area contributed by atoms with Crippen LogP contribution in [0.3, 0.4) is 0 Å². The average molecular weight is 248 g/mol. The molecular weight excluding hydrogens is 242 g/mol. The number of carbonyl (C=O) groups is 1. The van der Waals surface area contributed by atoms with Crippen LogP contribution in [0, 0.1) is 10.1 Å². The van der Waals surface area contributed by atoms with Gasteiger partial charge in [0.15, 0.2) is 0 Å². The standard InChI is InChI=1S/C8H6F2N2O5/c1-16-7(13)5-2-4(12(14)15)3-11-6(5)17-8(9)10/h2-3,8H,1H3. The van der Waals surface area contributed by atoms with Crippen molar-refractivity contribution in [2.45, 2.75) is 6.61 Å². The van der Waals surface area contributed by atoms with Gasteiger partial charge >= 0.3 is 12.6 Å². The lowest BCUT2D eigenvalue weighted by molar-refractivity contribution is -0.385. The quantitative estimate of drug-likeness (QED) is 0.454. The molecule has 0 saturated carbocycles. The van der Waals surface area contributed by atoms with Gasteiger partial charge < -0.3 is 9.47 Å². The van der Waals surface area contributed by atoms with Crippen molar-refractivity contribution in [3.63, 3.8) is 0 Å². The van der Waals surface area contributed by atoms with Gasteiger partial charge in [-0.15, -0.1) is 0 Å². The van der Waals surface area contributed by atoms with Crippen LogP contribution in [0.15, 0.2) is 12.3 Å². The number of rotatable bonds is 4. The Hall–Kier alpha value is -2.32. The minimum atomic E-state index is -3.20. The number of ether oxygens (including phenoxy) is 2. The summed E-state index contributed by atoms with van der Waals surface area (Å²) in [6.45, 7) is -3.20. The first-order chi connectivity index (χ1) is 7.95. The number of hydrogen-bond acceptors (Lipinski definition) is 6. The minimum Gasteiger partial charge on any atom is -0.465 e. The summed E-state index contributed by atoms with van der Waals surface area (Å²) in [5, 5.41) is 10.4. The fraction of sp³-hybridized carbons (Fsp3) is 0.250. The first-order valence-corrected chi connectivity index (χ1v) is 4.13. The van der Waals surface area contributed by atoms with Crippen molar-refractivity contribution >= 4 is 11.7 Å². The Kier molecular flexibility index (Phi) is 3.86. The van der Waals surface area contributed by atoms with E-state index in [4.69, 9.17) is 0 Å². The van der Waals surface area contributed by atoms with E-state index in [0.29, 0.717) is 6.20 Å². The van der Waals surface area contributed by atoms with E-state index in [2.05, 4.69) is 14.5 Å². The minimum absolute atomic E-state index is 0.535. The average Bonchev–Trinajstić information content (AvgIpc) is 2.27. The van der Waals surface area contributed by atoms with Crippen molar-refractivity contribution in [2.75, 3.05) is 7.11 Å². The molecule has 0 unspecified atom stereocenters. The van der Waals surface area contributed by atoms with E-state index < -0.39 is 34.6 Å². The van der Waals surface area contributed by atoms with Gasteiger partial charge in [-0.3, -0.25) is 10.1 Å². The van der Waals surface area contributed by atoms with E-state index in [1.165, 1.54) is 0 Å². The summed E-state index contributed by atoms with van der Waals surface area (Å²) in [7, 11) is 0.993. The van der Waals surface area contributed by atoms with Crippen LogP contribution in [0.4, 0.5) is 14.5 Å². The summed E-state index contributed by atoms with van der Waals surface area (Å²) in [5.41, 5.74) is -1.07. The molecule has 1 aromatic heterocycles. The molecule has 7 nitrogen and oxygen atoms in total.